The molecule has 0 unspecified atom stereocenters. The summed E-state index contributed by atoms with van der Waals surface area (Å²) in [5.41, 5.74) is 1.85. The Morgan fingerprint density at radius 2 is 1.79 bits per heavy atom. The van der Waals surface area contributed by atoms with E-state index in [2.05, 4.69) is 15.9 Å². The third kappa shape index (κ3) is 6.39. The fraction of sp³-hybridized carbons (Fsp3) is 0.409. The summed E-state index contributed by atoms with van der Waals surface area (Å²) in [4.78, 5) is 12.9. The minimum absolute atomic E-state index is 0.0935. The van der Waals surface area contributed by atoms with Crippen molar-refractivity contribution >= 4 is 31.9 Å². The zero-order valence-electron chi connectivity index (χ0n) is 17.3. The lowest BCUT2D eigenvalue weighted by molar-refractivity contribution is -0.148. The number of nitrogens with zero attached hydrogens (tertiary/aromatic N) is 1. The van der Waals surface area contributed by atoms with Gasteiger partial charge in [0.15, 0.2) is 0 Å². The van der Waals surface area contributed by atoms with Crippen molar-refractivity contribution in [3.63, 3.8) is 0 Å². The molecule has 0 saturated carbocycles. The molecule has 0 radical (unpaired) electrons. The summed E-state index contributed by atoms with van der Waals surface area (Å²) in [5, 5.41) is 0. The van der Waals surface area contributed by atoms with E-state index in [1.54, 1.807) is 31.2 Å². The third-order valence-corrected chi connectivity index (χ3v) is 6.84. The number of hydrogen-bond donors (Lipinski definition) is 0. The highest BCUT2D eigenvalue weighted by atomic mass is 79.9. The monoisotopic (exact) mass is 481 g/mol. The fourth-order valence-electron chi connectivity index (χ4n) is 3.11. The minimum atomic E-state index is -3.93. The number of aryl methyl sites for hydroxylation is 1. The molecule has 0 saturated heterocycles. The van der Waals surface area contributed by atoms with E-state index in [0.717, 1.165) is 15.6 Å². The van der Waals surface area contributed by atoms with Gasteiger partial charge in [0.25, 0.3) is 0 Å². The highest BCUT2D eigenvalue weighted by molar-refractivity contribution is 9.10. The molecule has 0 aromatic heterocycles. The molecule has 0 heterocycles. The normalized spacial score (nSPS) is 12.9. The van der Waals surface area contributed by atoms with E-state index in [1.807, 2.05) is 45.0 Å². The Hall–Kier alpha value is -1.70. The number of esters is 1. The van der Waals surface area contributed by atoms with Crippen molar-refractivity contribution in [3.8, 4) is 0 Å². The molecule has 0 aliphatic rings. The second-order valence-electron chi connectivity index (χ2n) is 7.39. The van der Waals surface area contributed by atoms with Crippen molar-refractivity contribution in [1.29, 1.82) is 0 Å². The Labute approximate surface area is 182 Å². The number of hydrogen-bond acceptors (Lipinski definition) is 4. The van der Waals surface area contributed by atoms with E-state index in [1.165, 1.54) is 4.31 Å². The van der Waals surface area contributed by atoms with Gasteiger partial charge in [-0.3, -0.25) is 4.79 Å². The Bertz CT molecular complexity index is 926. The van der Waals surface area contributed by atoms with Crippen LogP contribution in [-0.2, 0) is 26.1 Å². The topological polar surface area (TPSA) is 63.7 Å². The van der Waals surface area contributed by atoms with Crippen molar-refractivity contribution in [2.24, 2.45) is 5.92 Å². The lowest BCUT2D eigenvalue weighted by Crippen LogP contribution is -2.46. The predicted molar refractivity (Wildman–Crippen MR) is 118 cm³/mol. The van der Waals surface area contributed by atoms with Crippen LogP contribution in [0.1, 0.15) is 38.3 Å². The van der Waals surface area contributed by atoms with Gasteiger partial charge in [0.2, 0.25) is 10.0 Å². The molecule has 0 N–H and O–H groups in total. The molecule has 0 bridgehead atoms. The second kappa shape index (κ2) is 10.4. The summed E-state index contributed by atoms with van der Waals surface area (Å²) in [7, 11) is -3.93. The maximum Gasteiger partial charge on any atom is 0.324 e. The Morgan fingerprint density at radius 1 is 1.14 bits per heavy atom. The van der Waals surface area contributed by atoms with Gasteiger partial charge in [-0.05, 0) is 56.0 Å². The van der Waals surface area contributed by atoms with Crippen LogP contribution >= 0.6 is 15.9 Å². The maximum absolute atomic E-state index is 13.6. The van der Waals surface area contributed by atoms with Gasteiger partial charge in [0.05, 0.1) is 11.5 Å². The summed E-state index contributed by atoms with van der Waals surface area (Å²) >= 11 is 3.33. The van der Waals surface area contributed by atoms with Crippen molar-refractivity contribution in [2.45, 2.75) is 51.6 Å². The second-order valence-corrected chi connectivity index (χ2v) is 10.2. The van der Waals surface area contributed by atoms with Gasteiger partial charge in [-0.2, -0.15) is 4.31 Å². The fourth-order valence-corrected chi connectivity index (χ4v) is 4.95. The molecule has 2 aromatic carbocycles. The first-order valence-corrected chi connectivity index (χ1v) is 11.9. The number of carbonyl (C=O) groups is 1. The van der Waals surface area contributed by atoms with E-state index in [4.69, 9.17) is 4.74 Å². The summed E-state index contributed by atoms with van der Waals surface area (Å²) in [6.45, 7) is 7.89. The quantitative estimate of drug-likeness (QED) is 0.476. The molecular weight excluding hydrogens is 454 g/mol. The maximum atomic E-state index is 13.6. The summed E-state index contributed by atoms with van der Waals surface area (Å²) in [6.07, 6.45) is 0.375. The van der Waals surface area contributed by atoms with E-state index in [0.29, 0.717) is 6.42 Å². The number of carbonyl (C=O) groups excluding carboxylic acids is 1. The van der Waals surface area contributed by atoms with Gasteiger partial charge in [-0.1, -0.05) is 59.6 Å². The van der Waals surface area contributed by atoms with Gasteiger partial charge in [-0.15, -0.1) is 0 Å². The number of benzene rings is 2. The van der Waals surface area contributed by atoms with Crippen LogP contribution < -0.4 is 0 Å². The van der Waals surface area contributed by atoms with Crippen LogP contribution in [0.2, 0.25) is 0 Å². The van der Waals surface area contributed by atoms with Gasteiger partial charge in [0.1, 0.15) is 6.04 Å². The first-order valence-electron chi connectivity index (χ1n) is 9.64. The number of ether oxygens (including phenoxy) is 1. The summed E-state index contributed by atoms with van der Waals surface area (Å²) in [6, 6.07) is 13.2. The highest BCUT2D eigenvalue weighted by Gasteiger charge is 2.37. The van der Waals surface area contributed by atoms with Crippen LogP contribution in [0.25, 0.3) is 0 Å². The first kappa shape index (κ1) is 23.6. The number of sulfonamides is 1. The predicted octanol–water partition coefficient (Wildman–Crippen LogP) is 4.93. The molecule has 2 rings (SSSR count). The van der Waals surface area contributed by atoms with E-state index in [-0.39, 0.29) is 24.0 Å². The Balaban J connectivity index is 2.55. The minimum Gasteiger partial charge on any atom is -0.465 e. The smallest absolute Gasteiger partial charge is 0.324 e. The van der Waals surface area contributed by atoms with Gasteiger partial charge in [0, 0.05) is 11.0 Å². The van der Waals surface area contributed by atoms with E-state index < -0.39 is 22.0 Å². The van der Waals surface area contributed by atoms with Crippen LogP contribution in [0, 0.1) is 12.8 Å². The molecule has 0 fully saturated rings. The standard InChI is InChI=1S/C22H28BrNO4S/c1-5-28-22(25)21(13-16(2)3)24(15-18-8-6-7-17(4)14-18)29(26,27)20-11-9-19(23)10-12-20/h6-12,14,16,21H,5,13,15H2,1-4H3/t21-/m0/s1. The lowest BCUT2D eigenvalue weighted by Gasteiger charge is -2.30. The molecular formula is C22H28BrNO4S. The van der Waals surface area contributed by atoms with Crippen LogP contribution in [0.15, 0.2) is 57.9 Å². The molecule has 0 aliphatic carbocycles. The Morgan fingerprint density at radius 3 is 2.34 bits per heavy atom. The molecule has 0 spiro atoms. The van der Waals surface area contributed by atoms with Crippen LogP contribution in [0.3, 0.4) is 0 Å². The van der Waals surface area contributed by atoms with E-state index >= 15 is 0 Å². The number of rotatable bonds is 9. The molecule has 158 valence electrons. The number of halogens is 1. The molecule has 0 aliphatic heterocycles. The van der Waals surface area contributed by atoms with E-state index in [9.17, 15) is 13.2 Å². The molecule has 0 amide bonds. The molecule has 29 heavy (non-hydrogen) atoms. The SMILES string of the molecule is CCOC(=O)[C@H](CC(C)C)N(Cc1cccc(C)c1)S(=O)(=O)c1ccc(Br)cc1. The lowest BCUT2D eigenvalue weighted by atomic mass is 10.0. The highest BCUT2D eigenvalue weighted by Crippen LogP contribution is 2.26. The molecule has 2 aromatic rings. The van der Waals surface area contributed by atoms with Gasteiger partial charge in [-0.25, -0.2) is 8.42 Å². The first-order chi connectivity index (χ1) is 13.6. The van der Waals surface area contributed by atoms with Crippen molar-refractivity contribution in [3.05, 3.63) is 64.1 Å². The molecule has 5 nitrogen and oxygen atoms in total. The van der Waals surface area contributed by atoms with Crippen molar-refractivity contribution < 1.29 is 17.9 Å². The Kier molecular flexibility index (Phi) is 8.43. The molecule has 7 heteroatoms. The van der Waals surface area contributed by atoms with Crippen LogP contribution in [0.4, 0.5) is 0 Å². The summed E-state index contributed by atoms with van der Waals surface area (Å²) in [5.74, 6) is -0.404. The van der Waals surface area contributed by atoms with Crippen molar-refractivity contribution in [1.82, 2.24) is 4.31 Å². The summed E-state index contributed by atoms with van der Waals surface area (Å²) < 4.78 is 34.4. The van der Waals surface area contributed by atoms with Gasteiger partial charge >= 0.3 is 5.97 Å². The van der Waals surface area contributed by atoms with Crippen LogP contribution in [0.5, 0.6) is 0 Å². The van der Waals surface area contributed by atoms with Crippen LogP contribution in [-0.4, -0.2) is 31.3 Å². The zero-order valence-corrected chi connectivity index (χ0v) is 19.7. The average Bonchev–Trinajstić information content (AvgIpc) is 2.65. The zero-order chi connectivity index (χ0) is 21.6. The molecule has 1 atom stereocenters. The largest absolute Gasteiger partial charge is 0.465 e. The third-order valence-electron chi connectivity index (χ3n) is 4.44. The van der Waals surface area contributed by atoms with Crippen molar-refractivity contribution in [2.75, 3.05) is 6.61 Å². The van der Waals surface area contributed by atoms with Gasteiger partial charge < -0.3 is 4.74 Å². The average molecular weight is 482 g/mol.